The van der Waals surface area contributed by atoms with Crippen LogP contribution in [-0.4, -0.2) is 27.3 Å². The molecule has 0 radical (unpaired) electrons. The second-order valence-electron chi connectivity index (χ2n) is 7.19. The molecule has 0 unspecified atom stereocenters. The van der Waals surface area contributed by atoms with Crippen molar-refractivity contribution < 1.29 is 9.53 Å². The van der Waals surface area contributed by atoms with Gasteiger partial charge in [0.1, 0.15) is 18.1 Å². The maximum atomic E-state index is 13.3. The van der Waals surface area contributed by atoms with Gasteiger partial charge in [0.25, 0.3) is 5.91 Å². The number of nitrogens with zero attached hydrogens (tertiary/aromatic N) is 3. The Balaban J connectivity index is 1.70. The third-order valence-corrected chi connectivity index (χ3v) is 5.01. The normalized spacial score (nSPS) is 15.3. The molecule has 0 bridgehead atoms. The number of benzene rings is 2. The maximum absolute atomic E-state index is 13.3. The lowest BCUT2D eigenvalue weighted by Crippen LogP contribution is -2.31. The fraction of sp³-hybridized carbons (Fsp3) is 0.261. The summed E-state index contributed by atoms with van der Waals surface area (Å²) in [6, 6.07) is 16.8. The number of aromatic nitrogens is 3. The van der Waals surface area contributed by atoms with Crippen molar-refractivity contribution in [2.45, 2.75) is 32.7 Å². The Morgan fingerprint density at radius 1 is 1.20 bits per heavy atom. The summed E-state index contributed by atoms with van der Waals surface area (Å²) in [5, 5.41) is 10.6. The quantitative estimate of drug-likeness (QED) is 0.572. The van der Waals surface area contributed by atoms with Crippen LogP contribution in [0.2, 0.25) is 0 Å². The summed E-state index contributed by atoms with van der Waals surface area (Å²) in [4.78, 5) is 17.6. The van der Waals surface area contributed by atoms with E-state index in [9.17, 15) is 4.79 Å². The second kappa shape index (κ2) is 8.82. The average molecular weight is 403 g/mol. The van der Waals surface area contributed by atoms with E-state index in [1.807, 2.05) is 61.5 Å². The molecule has 0 fully saturated rings. The molecule has 2 aromatic carbocycles. The van der Waals surface area contributed by atoms with Crippen molar-refractivity contribution in [2.24, 2.45) is 0 Å². The number of ether oxygens (including phenoxy) is 1. The second-order valence-corrected chi connectivity index (χ2v) is 7.19. The highest BCUT2D eigenvalue weighted by molar-refractivity contribution is 6.06. The number of fused-ring (bicyclic) bond motifs is 1. The standard InChI is InChI=1S/C23H25N5O2/c1-3-4-13-30-19-12-8-9-17(14-19)21-20(16(2)26-23-24-15-25-28(21)23)22(29)27-18-10-6-5-7-11-18/h5-12,14-15,21H,3-4,13H2,1-2H3,(H,27,29)(H,24,25,26)/t21-/m1/s1. The Morgan fingerprint density at radius 3 is 2.83 bits per heavy atom. The van der Waals surface area contributed by atoms with Gasteiger partial charge in [-0.25, -0.2) is 4.68 Å². The Kier molecular flexibility index (Phi) is 5.79. The first-order chi connectivity index (χ1) is 14.7. The molecule has 1 aromatic heterocycles. The lowest BCUT2D eigenvalue weighted by Gasteiger charge is -2.29. The Labute approximate surface area is 175 Å². The predicted octanol–water partition coefficient (Wildman–Crippen LogP) is 4.38. The smallest absolute Gasteiger partial charge is 0.255 e. The molecule has 0 saturated carbocycles. The fourth-order valence-corrected chi connectivity index (χ4v) is 3.52. The van der Waals surface area contributed by atoms with E-state index in [-0.39, 0.29) is 5.91 Å². The molecule has 0 saturated heterocycles. The van der Waals surface area contributed by atoms with Crippen LogP contribution in [0.1, 0.15) is 38.3 Å². The molecule has 2 heterocycles. The first kappa shape index (κ1) is 19.7. The summed E-state index contributed by atoms with van der Waals surface area (Å²) in [7, 11) is 0. The van der Waals surface area contributed by atoms with Gasteiger partial charge in [0.15, 0.2) is 0 Å². The van der Waals surface area contributed by atoms with Crippen molar-refractivity contribution in [1.82, 2.24) is 14.8 Å². The van der Waals surface area contributed by atoms with E-state index in [0.717, 1.165) is 35.5 Å². The minimum absolute atomic E-state index is 0.186. The van der Waals surface area contributed by atoms with Crippen LogP contribution in [0.5, 0.6) is 5.75 Å². The zero-order chi connectivity index (χ0) is 20.9. The van der Waals surface area contributed by atoms with E-state index in [2.05, 4.69) is 27.6 Å². The number of unbranched alkanes of at least 4 members (excludes halogenated alkanes) is 1. The van der Waals surface area contributed by atoms with E-state index in [0.29, 0.717) is 18.1 Å². The minimum Gasteiger partial charge on any atom is -0.494 e. The molecule has 0 spiro atoms. The highest BCUT2D eigenvalue weighted by Gasteiger charge is 2.33. The number of anilines is 2. The molecule has 1 amide bonds. The average Bonchev–Trinajstić information content (AvgIpc) is 3.22. The van der Waals surface area contributed by atoms with Crippen LogP contribution < -0.4 is 15.4 Å². The molecule has 4 rings (SSSR count). The summed E-state index contributed by atoms with van der Waals surface area (Å²) < 4.78 is 7.62. The number of carbonyl (C=O) groups is 1. The summed E-state index contributed by atoms with van der Waals surface area (Å²) in [6.45, 7) is 4.68. The van der Waals surface area contributed by atoms with Gasteiger partial charge in [-0.15, -0.1) is 0 Å². The Bertz CT molecular complexity index is 1060. The van der Waals surface area contributed by atoms with E-state index in [1.165, 1.54) is 6.33 Å². The van der Waals surface area contributed by atoms with Gasteiger partial charge in [-0.05, 0) is 43.2 Å². The molecule has 7 heteroatoms. The molecule has 2 N–H and O–H groups in total. The largest absolute Gasteiger partial charge is 0.494 e. The van der Waals surface area contributed by atoms with Crippen molar-refractivity contribution in [3.8, 4) is 5.75 Å². The zero-order valence-corrected chi connectivity index (χ0v) is 17.1. The molecular formula is C23H25N5O2. The Morgan fingerprint density at radius 2 is 2.03 bits per heavy atom. The third kappa shape index (κ3) is 4.05. The van der Waals surface area contributed by atoms with Gasteiger partial charge in [-0.2, -0.15) is 10.1 Å². The fourth-order valence-electron chi connectivity index (χ4n) is 3.52. The summed E-state index contributed by atoms with van der Waals surface area (Å²) in [5.74, 6) is 1.20. The number of para-hydroxylation sites is 1. The van der Waals surface area contributed by atoms with Crippen LogP contribution in [-0.2, 0) is 4.79 Å². The molecule has 3 aromatic rings. The van der Waals surface area contributed by atoms with Gasteiger partial charge >= 0.3 is 0 Å². The van der Waals surface area contributed by atoms with E-state index in [4.69, 9.17) is 4.74 Å². The van der Waals surface area contributed by atoms with Crippen LogP contribution in [0, 0.1) is 0 Å². The zero-order valence-electron chi connectivity index (χ0n) is 17.1. The number of nitrogens with one attached hydrogen (secondary N) is 2. The first-order valence-electron chi connectivity index (χ1n) is 10.1. The van der Waals surface area contributed by atoms with Gasteiger partial charge in [0.05, 0.1) is 12.2 Å². The van der Waals surface area contributed by atoms with Gasteiger partial charge < -0.3 is 15.4 Å². The van der Waals surface area contributed by atoms with Crippen LogP contribution in [0.3, 0.4) is 0 Å². The van der Waals surface area contributed by atoms with E-state index >= 15 is 0 Å². The lowest BCUT2D eigenvalue weighted by molar-refractivity contribution is -0.113. The van der Waals surface area contributed by atoms with Gasteiger partial charge in [0.2, 0.25) is 5.95 Å². The monoisotopic (exact) mass is 403 g/mol. The van der Waals surface area contributed by atoms with Crippen molar-refractivity contribution in [3.63, 3.8) is 0 Å². The van der Waals surface area contributed by atoms with Crippen LogP contribution in [0.4, 0.5) is 11.6 Å². The molecule has 154 valence electrons. The molecule has 1 aliphatic rings. The number of hydrogen-bond acceptors (Lipinski definition) is 5. The van der Waals surface area contributed by atoms with Crippen LogP contribution in [0.25, 0.3) is 0 Å². The van der Waals surface area contributed by atoms with Crippen LogP contribution >= 0.6 is 0 Å². The third-order valence-electron chi connectivity index (χ3n) is 5.01. The number of amides is 1. The van der Waals surface area contributed by atoms with E-state index in [1.54, 1.807) is 4.68 Å². The number of allylic oxidation sites excluding steroid dienone is 1. The van der Waals surface area contributed by atoms with Crippen molar-refractivity contribution in [1.29, 1.82) is 0 Å². The lowest BCUT2D eigenvalue weighted by atomic mass is 9.95. The highest BCUT2D eigenvalue weighted by Crippen LogP contribution is 2.36. The molecule has 0 aliphatic carbocycles. The summed E-state index contributed by atoms with van der Waals surface area (Å²) >= 11 is 0. The summed E-state index contributed by atoms with van der Waals surface area (Å²) in [5.41, 5.74) is 2.98. The predicted molar refractivity (Wildman–Crippen MR) is 116 cm³/mol. The molecule has 30 heavy (non-hydrogen) atoms. The van der Waals surface area contributed by atoms with Gasteiger partial charge in [-0.1, -0.05) is 43.7 Å². The highest BCUT2D eigenvalue weighted by atomic mass is 16.5. The first-order valence-corrected chi connectivity index (χ1v) is 10.1. The number of carbonyl (C=O) groups excluding carboxylic acids is 1. The molecular weight excluding hydrogens is 378 g/mol. The van der Waals surface area contributed by atoms with Crippen molar-refractivity contribution in [2.75, 3.05) is 17.2 Å². The topological polar surface area (TPSA) is 81.1 Å². The number of hydrogen-bond donors (Lipinski definition) is 2. The minimum atomic E-state index is -0.415. The van der Waals surface area contributed by atoms with E-state index < -0.39 is 6.04 Å². The molecule has 7 nitrogen and oxygen atoms in total. The van der Waals surface area contributed by atoms with Gasteiger partial charge in [-0.3, -0.25) is 4.79 Å². The van der Waals surface area contributed by atoms with Crippen LogP contribution in [0.15, 0.2) is 72.2 Å². The van der Waals surface area contributed by atoms with Crippen molar-refractivity contribution in [3.05, 3.63) is 77.8 Å². The Hall–Kier alpha value is -3.61. The van der Waals surface area contributed by atoms with Gasteiger partial charge in [0, 0.05) is 11.4 Å². The number of rotatable bonds is 7. The van der Waals surface area contributed by atoms with Crippen molar-refractivity contribution >= 4 is 17.5 Å². The summed E-state index contributed by atoms with van der Waals surface area (Å²) in [6.07, 6.45) is 3.55. The SMILES string of the molecule is CCCCOc1cccc([C@@H]2C(C(=O)Nc3ccccc3)=C(C)Nc3ncnn32)c1. The molecule has 1 atom stereocenters. The maximum Gasteiger partial charge on any atom is 0.255 e. The molecule has 1 aliphatic heterocycles.